The van der Waals surface area contributed by atoms with E-state index in [2.05, 4.69) is 0 Å². The molecule has 1 unspecified atom stereocenters. The molecule has 1 aromatic rings. The summed E-state index contributed by atoms with van der Waals surface area (Å²) in [6.07, 6.45) is 0. The van der Waals surface area contributed by atoms with Gasteiger partial charge in [-0.15, -0.1) is 0 Å². The fourth-order valence-corrected chi connectivity index (χ4v) is 2.23. The normalized spacial score (nSPS) is 19.6. The first-order valence-electron chi connectivity index (χ1n) is 5.66. The summed E-state index contributed by atoms with van der Waals surface area (Å²) in [6.45, 7) is 0.976. The molecule has 0 aliphatic carbocycles. The number of nitrogens with two attached hydrogens (primary N) is 1. The fraction of sp³-hybridized carbons (Fsp3) is 0.417. The minimum Gasteiger partial charge on any atom is -0.495 e. The summed E-state index contributed by atoms with van der Waals surface area (Å²) in [5.74, 6) is 0.624. The van der Waals surface area contributed by atoms with Crippen molar-refractivity contribution < 1.29 is 9.53 Å². The van der Waals surface area contributed by atoms with Crippen molar-refractivity contribution >= 4 is 23.3 Å². The van der Waals surface area contributed by atoms with Gasteiger partial charge in [0, 0.05) is 25.2 Å². The molecule has 1 aromatic carbocycles. The Labute approximate surface area is 111 Å². The number of likely N-dealkylation sites (N-methyl/N-ethyl adjacent to an activating group) is 1. The Morgan fingerprint density at radius 1 is 1.56 bits per heavy atom. The van der Waals surface area contributed by atoms with E-state index in [9.17, 15) is 4.79 Å². The number of amides is 2. The zero-order valence-electron chi connectivity index (χ0n) is 10.4. The summed E-state index contributed by atoms with van der Waals surface area (Å²) < 4.78 is 5.26. The highest BCUT2D eigenvalue weighted by Crippen LogP contribution is 2.34. The highest BCUT2D eigenvalue weighted by Gasteiger charge is 2.35. The summed E-state index contributed by atoms with van der Waals surface area (Å²) in [6, 6.07) is 5.13. The molecule has 0 spiro atoms. The van der Waals surface area contributed by atoms with Crippen LogP contribution in [0.1, 0.15) is 0 Å². The van der Waals surface area contributed by atoms with E-state index in [1.54, 1.807) is 42.2 Å². The second kappa shape index (κ2) is 5.04. The summed E-state index contributed by atoms with van der Waals surface area (Å²) in [5, 5.41) is 0.567. The van der Waals surface area contributed by atoms with Crippen LogP contribution >= 0.6 is 11.6 Å². The first-order chi connectivity index (χ1) is 8.58. The van der Waals surface area contributed by atoms with Crippen LogP contribution in [-0.2, 0) is 0 Å². The SMILES string of the molecule is COc1ccc(Cl)cc1N1CC(CN)N(C)C1=O. The zero-order valence-corrected chi connectivity index (χ0v) is 11.1. The Balaban J connectivity index is 2.37. The van der Waals surface area contributed by atoms with Crippen LogP contribution in [0.15, 0.2) is 18.2 Å². The van der Waals surface area contributed by atoms with E-state index in [0.717, 1.165) is 0 Å². The van der Waals surface area contributed by atoms with Crippen molar-refractivity contribution in [2.24, 2.45) is 5.73 Å². The first-order valence-corrected chi connectivity index (χ1v) is 6.04. The van der Waals surface area contributed by atoms with Crippen molar-refractivity contribution in [1.29, 1.82) is 0 Å². The number of halogens is 1. The lowest BCUT2D eigenvalue weighted by Gasteiger charge is -2.19. The van der Waals surface area contributed by atoms with Gasteiger partial charge in [0.15, 0.2) is 0 Å². The summed E-state index contributed by atoms with van der Waals surface area (Å²) >= 11 is 5.97. The Morgan fingerprint density at radius 2 is 2.28 bits per heavy atom. The smallest absolute Gasteiger partial charge is 0.324 e. The average Bonchev–Trinajstić information content (AvgIpc) is 2.66. The molecule has 1 fully saturated rings. The first kappa shape index (κ1) is 13.0. The van der Waals surface area contributed by atoms with Crippen molar-refractivity contribution in [2.45, 2.75) is 6.04 Å². The number of rotatable bonds is 3. The minimum atomic E-state index is -0.0917. The number of methoxy groups -OCH3 is 1. The number of hydrogen-bond acceptors (Lipinski definition) is 3. The molecule has 1 heterocycles. The second-order valence-electron chi connectivity index (χ2n) is 4.21. The second-order valence-corrected chi connectivity index (χ2v) is 4.65. The standard InChI is InChI=1S/C12H16ClN3O2/c1-15-9(6-14)7-16(12(15)17)10-5-8(13)3-4-11(10)18-2/h3-5,9H,6-7,14H2,1-2H3. The van der Waals surface area contributed by atoms with Crippen molar-refractivity contribution in [1.82, 2.24) is 4.90 Å². The van der Waals surface area contributed by atoms with Gasteiger partial charge in [0.05, 0.1) is 18.8 Å². The number of carbonyl (C=O) groups excluding carboxylic acids is 1. The van der Waals surface area contributed by atoms with Crippen LogP contribution in [0.4, 0.5) is 10.5 Å². The molecule has 18 heavy (non-hydrogen) atoms. The van der Waals surface area contributed by atoms with Crippen LogP contribution in [0.3, 0.4) is 0 Å². The topological polar surface area (TPSA) is 58.8 Å². The molecule has 5 nitrogen and oxygen atoms in total. The quantitative estimate of drug-likeness (QED) is 0.906. The maximum atomic E-state index is 12.2. The number of carbonyl (C=O) groups is 1. The van der Waals surface area contributed by atoms with Crippen LogP contribution in [0.5, 0.6) is 5.75 Å². The van der Waals surface area contributed by atoms with E-state index < -0.39 is 0 Å². The summed E-state index contributed by atoms with van der Waals surface area (Å²) in [4.78, 5) is 15.4. The maximum Gasteiger partial charge on any atom is 0.324 e. The molecule has 98 valence electrons. The summed E-state index contributed by atoms with van der Waals surface area (Å²) in [5.41, 5.74) is 6.33. The molecule has 1 atom stereocenters. The molecule has 0 radical (unpaired) electrons. The molecule has 0 saturated carbocycles. The molecular weight excluding hydrogens is 254 g/mol. The van der Waals surface area contributed by atoms with E-state index in [0.29, 0.717) is 29.5 Å². The number of benzene rings is 1. The third-order valence-electron chi connectivity index (χ3n) is 3.18. The number of urea groups is 1. The molecule has 2 rings (SSSR count). The largest absolute Gasteiger partial charge is 0.495 e. The number of ether oxygens (including phenoxy) is 1. The van der Waals surface area contributed by atoms with Crippen molar-refractivity contribution in [3.8, 4) is 5.75 Å². The molecule has 1 saturated heterocycles. The van der Waals surface area contributed by atoms with Gasteiger partial charge in [-0.1, -0.05) is 11.6 Å². The van der Waals surface area contributed by atoms with Gasteiger partial charge in [-0.25, -0.2) is 4.79 Å². The molecule has 1 aliphatic rings. The number of hydrogen-bond donors (Lipinski definition) is 1. The Kier molecular flexibility index (Phi) is 3.63. The van der Waals surface area contributed by atoms with Gasteiger partial charge in [-0.05, 0) is 18.2 Å². The van der Waals surface area contributed by atoms with Crippen LogP contribution in [0, 0.1) is 0 Å². The predicted octanol–water partition coefficient (Wildman–Crippen LogP) is 1.55. The minimum absolute atomic E-state index is 0.0150. The van der Waals surface area contributed by atoms with Gasteiger partial charge < -0.3 is 15.4 Å². The van der Waals surface area contributed by atoms with Gasteiger partial charge in [-0.2, -0.15) is 0 Å². The summed E-state index contributed by atoms with van der Waals surface area (Å²) in [7, 11) is 3.31. The lowest BCUT2D eigenvalue weighted by Crippen LogP contribution is -2.35. The van der Waals surface area contributed by atoms with Gasteiger partial charge in [0.25, 0.3) is 0 Å². The zero-order chi connectivity index (χ0) is 13.3. The lowest BCUT2D eigenvalue weighted by molar-refractivity contribution is 0.219. The van der Waals surface area contributed by atoms with Crippen molar-refractivity contribution in [3.63, 3.8) is 0 Å². The number of anilines is 1. The van der Waals surface area contributed by atoms with Crippen LogP contribution in [0.2, 0.25) is 5.02 Å². The molecule has 0 aromatic heterocycles. The highest BCUT2D eigenvalue weighted by atomic mass is 35.5. The highest BCUT2D eigenvalue weighted by molar-refractivity contribution is 6.31. The molecule has 6 heteroatoms. The lowest BCUT2D eigenvalue weighted by atomic mass is 10.2. The van der Waals surface area contributed by atoms with E-state index >= 15 is 0 Å². The van der Waals surface area contributed by atoms with Gasteiger partial charge in [-0.3, -0.25) is 4.90 Å². The van der Waals surface area contributed by atoms with E-state index in [-0.39, 0.29) is 12.1 Å². The monoisotopic (exact) mass is 269 g/mol. The Hall–Kier alpha value is -1.46. The average molecular weight is 270 g/mol. The van der Waals surface area contributed by atoms with Crippen LogP contribution in [-0.4, -0.2) is 44.2 Å². The number of nitrogens with zero attached hydrogens (tertiary/aromatic N) is 2. The Morgan fingerprint density at radius 3 is 2.83 bits per heavy atom. The van der Waals surface area contributed by atoms with Crippen LogP contribution in [0.25, 0.3) is 0 Å². The molecule has 0 bridgehead atoms. The van der Waals surface area contributed by atoms with Gasteiger partial charge >= 0.3 is 6.03 Å². The van der Waals surface area contributed by atoms with E-state index in [1.165, 1.54) is 0 Å². The maximum absolute atomic E-state index is 12.2. The fourth-order valence-electron chi connectivity index (χ4n) is 2.07. The third kappa shape index (κ3) is 2.11. The van der Waals surface area contributed by atoms with Crippen LogP contribution < -0.4 is 15.4 Å². The van der Waals surface area contributed by atoms with Gasteiger partial charge in [0.2, 0.25) is 0 Å². The van der Waals surface area contributed by atoms with E-state index in [1.807, 2.05) is 0 Å². The molecule has 2 N–H and O–H groups in total. The van der Waals surface area contributed by atoms with Gasteiger partial charge in [0.1, 0.15) is 5.75 Å². The third-order valence-corrected chi connectivity index (χ3v) is 3.41. The molecular formula is C12H16ClN3O2. The molecule has 1 aliphatic heterocycles. The molecule has 2 amide bonds. The van der Waals surface area contributed by atoms with E-state index in [4.69, 9.17) is 22.1 Å². The van der Waals surface area contributed by atoms with Crippen molar-refractivity contribution in [2.75, 3.05) is 32.1 Å². The predicted molar refractivity (Wildman–Crippen MR) is 71.4 cm³/mol. The van der Waals surface area contributed by atoms with Crippen molar-refractivity contribution in [3.05, 3.63) is 23.2 Å². The Bertz CT molecular complexity index is 467.